The molecule has 15 heteroatoms. The molecule has 1 aliphatic rings. The second-order valence-electron chi connectivity index (χ2n) is 8.05. The molecule has 0 saturated heterocycles. The number of nitrogens with one attached hydrogen (secondary N) is 1. The van der Waals surface area contributed by atoms with Crippen molar-refractivity contribution in [2.24, 2.45) is 22.5 Å². The van der Waals surface area contributed by atoms with E-state index in [0.717, 1.165) is 31.5 Å². The van der Waals surface area contributed by atoms with Crippen LogP contribution in [0.2, 0.25) is 0 Å². The van der Waals surface area contributed by atoms with E-state index in [0.29, 0.717) is 16.7 Å². The zero-order valence-corrected chi connectivity index (χ0v) is 20.1. The molecule has 1 aromatic carbocycles. The number of nitrogens with zero attached hydrogens (tertiary/aromatic N) is 3. The van der Waals surface area contributed by atoms with Crippen LogP contribution in [0.4, 0.5) is 27.6 Å². The number of hydrogen-bond donors (Lipinski definition) is 4. The summed E-state index contributed by atoms with van der Waals surface area (Å²) in [5, 5.41) is 17.1. The van der Waals surface area contributed by atoms with E-state index >= 15 is 0 Å². The maximum Gasteiger partial charge on any atom is 0.420 e. The van der Waals surface area contributed by atoms with Crippen molar-refractivity contribution < 1.29 is 36.6 Å². The number of hydrazone groups is 1. The first kappa shape index (κ1) is 29.7. The number of benzene rings is 1. The Morgan fingerprint density at radius 1 is 1.30 bits per heavy atom. The highest BCUT2D eigenvalue weighted by atomic mass is 35.5. The number of carbonyl (C=O) groups excluding carboxylic acids is 2. The van der Waals surface area contributed by atoms with Gasteiger partial charge in [-0.05, 0) is 36.4 Å². The Morgan fingerprint density at radius 3 is 2.43 bits per heavy atom. The average molecular weight is 551 g/mol. The van der Waals surface area contributed by atoms with Gasteiger partial charge in [-0.2, -0.15) is 18.3 Å². The van der Waals surface area contributed by atoms with Crippen LogP contribution in [0.1, 0.15) is 0 Å². The minimum Gasteiger partial charge on any atom is -0.389 e. The maximum atomic E-state index is 14.0. The summed E-state index contributed by atoms with van der Waals surface area (Å²) in [5.41, 5.74) is 7.00. The Balaban J connectivity index is 2.09. The number of amides is 2. The lowest BCUT2D eigenvalue weighted by Gasteiger charge is -2.34. The Bertz CT molecular complexity index is 1120. The number of allylic oxidation sites excluding steroid dienone is 2. The highest BCUT2D eigenvalue weighted by molar-refractivity contribution is 6.29. The highest BCUT2D eigenvalue weighted by Gasteiger charge is 2.55. The van der Waals surface area contributed by atoms with Crippen molar-refractivity contribution in [2.75, 3.05) is 25.1 Å². The summed E-state index contributed by atoms with van der Waals surface area (Å²) < 4.78 is 68.4. The number of nitrogens with two attached hydrogens (primary N) is 2. The highest BCUT2D eigenvalue weighted by Crippen LogP contribution is 2.31. The van der Waals surface area contributed by atoms with Crippen LogP contribution in [0.3, 0.4) is 0 Å². The van der Waals surface area contributed by atoms with Crippen molar-refractivity contribution in [3.63, 3.8) is 0 Å². The van der Waals surface area contributed by atoms with E-state index < -0.39 is 66.0 Å². The van der Waals surface area contributed by atoms with Crippen molar-refractivity contribution in [1.29, 1.82) is 0 Å². The first-order valence-corrected chi connectivity index (χ1v) is 10.8. The van der Waals surface area contributed by atoms with Gasteiger partial charge in [0.05, 0.1) is 29.5 Å². The number of alkyl halides is 3. The number of likely N-dealkylation sites (N-methyl/N-ethyl adjacent to an activating group) is 1. The summed E-state index contributed by atoms with van der Waals surface area (Å²) in [7, 11) is 0.880. The summed E-state index contributed by atoms with van der Waals surface area (Å²) in [5.74, 6) is -5.23. The van der Waals surface area contributed by atoms with Crippen LogP contribution >= 0.6 is 11.6 Å². The van der Waals surface area contributed by atoms with Crippen LogP contribution in [-0.2, 0) is 9.59 Å². The predicted octanol–water partition coefficient (Wildman–Crippen LogP) is 1.85. The van der Waals surface area contributed by atoms with E-state index in [1.807, 2.05) is 5.32 Å². The van der Waals surface area contributed by atoms with Crippen LogP contribution in [-0.4, -0.2) is 66.1 Å². The van der Waals surface area contributed by atoms with Crippen molar-refractivity contribution >= 4 is 35.3 Å². The molecule has 2 rings (SSSR count). The number of anilines is 1. The number of aliphatic hydroxyl groups is 1. The molecule has 0 saturated carbocycles. The molecular formula is C22H24ClF5N6O3. The first-order chi connectivity index (χ1) is 17.1. The molecule has 0 fully saturated rings. The average Bonchev–Trinajstić information content (AvgIpc) is 3.20. The maximum absolute atomic E-state index is 14.0. The first-order valence-electron chi connectivity index (χ1n) is 10.4. The molecule has 9 nitrogen and oxygen atoms in total. The van der Waals surface area contributed by atoms with Gasteiger partial charge >= 0.3 is 6.18 Å². The third-order valence-electron chi connectivity index (χ3n) is 5.26. The van der Waals surface area contributed by atoms with Crippen molar-refractivity contribution in [1.82, 2.24) is 10.2 Å². The van der Waals surface area contributed by atoms with Gasteiger partial charge in [-0.15, -0.1) is 0 Å². The van der Waals surface area contributed by atoms with Crippen molar-refractivity contribution in [2.45, 2.75) is 17.9 Å². The molecule has 3 atom stereocenters. The van der Waals surface area contributed by atoms with Gasteiger partial charge in [-0.1, -0.05) is 18.2 Å². The quantitative estimate of drug-likeness (QED) is 0.160. The van der Waals surface area contributed by atoms with Gasteiger partial charge in [-0.25, -0.2) is 13.8 Å². The second-order valence-corrected chi connectivity index (χ2v) is 8.49. The second kappa shape index (κ2) is 11.7. The van der Waals surface area contributed by atoms with Gasteiger partial charge in [0.15, 0.2) is 5.60 Å². The Morgan fingerprint density at radius 2 is 1.89 bits per heavy atom. The topological polar surface area (TPSA) is 137 Å². The Labute approximate surface area is 213 Å². The van der Waals surface area contributed by atoms with E-state index in [4.69, 9.17) is 23.1 Å². The third-order valence-corrected chi connectivity index (χ3v) is 5.39. The standard InChI is InChI=1S/C22H24ClF5N6O3/c1-12(16(25)7-8-17(23)29)20(36)33(2)11-21(37,22(26,27)28)10-31-19(35)15-9-32-34(18(15)30)14-5-3-13(24)4-6-14/h3-9,15,18,37H,1,10-11,29-30H2,2H3,(H,31,35)/b16-7+,17-8-. The molecule has 37 heavy (non-hydrogen) atoms. The predicted molar refractivity (Wildman–Crippen MR) is 127 cm³/mol. The number of halogens is 6. The summed E-state index contributed by atoms with van der Waals surface area (Å²) in [6.07, 6.45) is -3.78. The fourth-order valence-electron chi connectivity index (χ4n) is 3.16. The van der Waals surface area contributed by atoms with Crippen LogP contribution in [0.15, 0.2) is 64.7 Å². The normalized spacial score (nSPS) is 20.0. The minimum atomic E-state index is -5.31. The van der Waals surface area contributed by atoms with E-state index in [2.05, 4.69) is 11.7 Å². The lowest BCUT2D eigenvalue weighted by molar-refractivity contribution is -0.260. The van der Waals surface area contributed by atoms with E-state index in [1.54, 1.807) is 0 Å². The SMILES string of the molecule is C=C(C(=O)N(C)CC(O)(CNC(=O)C1C=NN(c2ccc(F)cc2)C1N)C(F)(F)F)/C(F)=C\C=C(/N)Cl. The van der Waals surface area contributed by atoms with E-state index in [9.17, 15) is 36.6 Å². The number of carbonyl (C=O) groups is 2. The number of hydrogen-bond acceptors (Lipinski definition) is 7. The van der Waals surface area contributed by atoms with Crippen molar-refractivity contribution in [3.8, 4) is 0 Å². The third kappa shape index (κ3) is 7.27. The Hall–Kier alpha value is -3.49. The molecule has 1 heterocycles. The largest absolute Gasteiger partial charge is 0.420 e. The molecule has 3 unspecified atom stereocenters. The zero-order chi connectivity index (χ0) is 28.1. The van der Waals surface area contributed by atoms with Gasteiger partial charge in [-0.3, -0.25) is 9.59 Å². The minimum absolute atomic E-state index is 0.321. The fourth-order valence-corrected chi connectivity index (χ4v) is 3.23. The van der Waals surface area contributed by atoms with Gasteiger partial charge in [0, 0.05) is 13.3 Å². The monoisotopic (exact) mass is 550 g/mol. The molecule has 1 aliphatic heterocycles. The molecule has 0 aliphatic carbocycles. The smallest absolute Gasteiger partial charge is 0.389 e. The zero-order valence-electron chi connectivity index (χ0n) is 19.3. The van der Waals surface area contributed by atoms with Crippen LogP contribution in [0, 0.1) is 11.7 Å². The summed E-state index contributed by atoms with van der Waals surface area (Å²) >= 11 is 5.34. The van der Waals surface area contributed by atoms with Gasteiger partial charge in [0.2, 0.25) is 5.91 Å². The van der Waals surface area contributed by atoms with Crippen LogP contribution in [0.5, 0.6) is 0 Å². The summed E-state index contributed by atoms with van der Waals surface area (Å²) in [6.45, 7) is 0.446. The van der Waals surface area contributed by atoms with Gasteiger partial charge in [0.25, 0.3) is 5.91 Å². The lowest BCUT2D eigenvalue weighted by Crippen LogP contribution is -2.61. The molecular weight excluding hydrogens is 527 g/mol. The fraction of sp³-hybridized carbons (Fsp3) is 0.318. The molecule has 0 radical (unpaired) electrons. The van der Waals surface area contributed by atoms with Gasteiger partial charge < -0.3 is 26.8 Å². The molecule has 1 aromatic rings. The molecule has 0 spiro atoms. The summed E-state index contributed by atoms with van der Waals surface area (Å²) in [6, 6.07) is 4.95. The number of rotatable bonds is 9. The van der Waals surface area contributed by atoms with Gasteiger partial charge in [0.1, 0.15) is 23.7 Å². The lowest BCUT2D eigenvalue weighted by atomic mass is 10.0. The molecule has 202 valence electrons. The molecule has 0 aromatic heterocycles. The van der Waals surface area contributed by atoms with Crippen LogP contribution < -0.4 is 21.8 Å². The van der Waals surface area contributed by atoms with E-state index in [1.165, 1.54) is 17.1 Å². The molecule has 6 N–H and O–H groups in total. The van der Waals surface area contributed by atoms with Crippen molar-refractivity contribution in [3.05, 3.63) is 65.4 Å². The molecule has 2 amide bonds. The van der Waals surface area contributed by atoms with Crippen LogP contribution in [0.25, 0.3) is 0 Å². The molecule has 0 bridgehead atoms. The Kier molecular flexibility index (Phi) is 9.41. The summed E-state index contributed by atoms with van der Waals surface area (Å²) in [4.78, 5) is 25.3. The van der Waals surface area contributed by atoms with E-state index in [-0.39, 0.29) is 5.16 Å².